The summed E-state index contributed by atoms with van der Waals surface area (Å²) in [5.74, 6) is -2.22. The highest BCUT2D eigenvalue weighted by Crippen LogP contribution is 2.32. The first-order valence-electron chi connectivity index (χ1n) is 9.35. The number of amides is 1. The van der Waals surface area contributed by atoms with Crippen molar-refractivity contribution >= 4 is 35.1 Å². The predicted octanol–water partition coefficient (Wildman–Crippen LogP) is 2.65. The van der Waals surface area contributed by atoms with Gasteiger partial charge in [0.05, 0.1) is 4.75 Å². The molecule has 0 saturated carbocycles. The Morgan fingerprint density at radius 1 is 1.03 bits per heavy atom. The molecule has 32 heavy (non-hydrogen) atoms. The molecule has 0 aliphatic heterocycles. The second-order valence-electron chi connectivity index (χ2n) is 7.97. The number of thioether (sulfide) groups is 1. The van der Waals surface area contributed by atoms with E-state index < -0.39 is 52.3 Å². The summed E-state index contributed by atoms with van der Waals surface area (Å²) in [6.45, 7) is 9.48. The molecule has 1 rings (SSSR count). The summed E-state index contributed by atoms with van der Waals surface area (Å²) in [4.78, 5) is 59.0. The van der Waals surface area contributed by atoms with Gasteiger partial charge in [-0.3, -0.25) is 4.79 Å². The molecule has 0 fully saturated rings. The van der Waals surface area contributed by atoms with Gasteiger partial charge in [0, 0.05) is 6.92 Å². The highest BCUT2D eigenvalue weighted by molar-refractivity contribution is 8.14. The Labute approximate surface area is 188 Å². The summed E-state index contributed by atoms with van der Waals surface area (Å²) in [7, 11) is 0. The Morgan fingerprint density at radius 3 is 2.16 bits per heavy atom. The van der Waals surface area contributed by atoms with Crippen LogP contribution in [-0.2, 0) is 35.1 Å². The molecule has 0 saturated heterocycles. The van der Waals surface area contributed by atoms with Crippen LogP contribution in [0.3, 0.4) is 0 Å². The summed E-state index contributed by atoms with van der Waals surface area (Å²) in [5, 5.41) is 1.50. The highest BCUT2D eigenvalue weighted by Gasteiger charge is 2.42. The first kappa shape index (κ1) is 27.1. The summed E-state index contributed by atoms with van der Waals surface area (Å²) in [6, 6.07) is -1.35. The minimum Gasteiger partial charge on any atom is -0.458 e. The molecule has 0 radical (unpaired) electrons. The van der Waals surface area contributed by atoms with E-state index in [1.807, 2.05) is 0 Å². The molecule has 0 unspecified atom stereocenters. The zero-order valence-corrected chi connectivity index (χ0v) is 19.7. The van der Waals surface area contributed by atoms with Crippen LogP contribution >= 0.6 is 11.8 Å². The van der Waals surface area contributed by atoms with E-state index in [1.165, 1.54) is 20.8 Å². The minimum absolute atomic E-state index is 0.0395. The monoisotopic (exact) mass is 477 g/mol. The van der Waals surface area contributed by atoms with Crippen LogP contribution in [0.2, 0.25) is 0 Å². The number of nitrogens with one attached hydrogen (secondary N) is 1. The van der Waals surface area contributed by atoms with Gasteiger partial charge in [-0.25, -0.2) is 19.2 Å². The Balaban J connectivity index is 2.88. The molecule has 13 heteroatoms. The van der Waals surface area contributed by atoms with Crippen LogP contribution in [0.25, 0.3) is 0 Å². The number of aryl methyl sites for hydroxylation is 1. The van der Waals surface area contributed by atoms with Gasteiger partial charge in [-0.05, 0) is 53.3 Å². The molecule has 12 nitrogen and oxygen atoms in total. The van der Waals surface area contributed by atoms with Crippen molar-refractivity contribution in [1.29, 1.82) is 0 Å². The van der Waals surface area contributed by atoms with Crippen molar-refractivity contribution in [3.8, 4) is 0 Å². The third-order valence-corrected chi connectivity index (χ3v) is 4.60. The van der Waals surface area contributed by atoms with Crippen LogP contribution in [0, 0.1) is 6.92 Å². The van der Waals surface area contributed by atoms with Gasteiger partial charge in [0.2, 0.25) is 6.79 Å². The quantitative estimate of drug-likeness (QED) is 0.331. The third kappa shape index (κ3) is 9.45. The van der Waals surface area contributed by atoms with Gasteiger partial charge in [-0.1, -0.05) is 0 Å². The van der Waals surface area contributed by atoms with E-state index in [0.717, 1.165) is 6.92 Å². The molecule has 1 aromatic heterocycles. The molecule has 0 aliphatic carbocycles. The molecule has 0 aromatic carbocycles. The van der Waals surface area contributed by atoms with Crippen molar-refractivity contribution in [2.24, 2.45) is 0 Å². The van der Waals surface area contributed by atoms with E-state index in [1.54, 1.807) is 20.8 Å². The molecule has 1 atom stereocenters. The Kier molecular flexibility index (Phi) is 9.36. The summed E-state index contributed by atoms with van der Waals surface area (Å²) in [6.07, 6.45) is -1.07. The number of carbonyl (C=O) groups is 4. The number of rotatable bonds is 8. The summed E-state index contributed by atoms with van der Waals surface area (Å²) < 4.78 is 27.8. The van der Waals surface area contributed by atoms with E-state index in [-0.39, 0.29) is 18.1 Å². The number of alkyl carbamates (subject to hydrolysis) is 1. The lowest BCUT2D eigenvalue weighted by molar-refractivity contribution is -0.158. The lowest BCUT2D eigenvalue weighted by Gasteiger charge is -2.33. The fraction of sp³-hybridized carbons (Fsp3) is 0.632. The van der Waals surface area contributed by atoms with E-state index in [4.69, 9.17) is 18.6 Å². The zero-order valence-electron chi connectivity index (χ0n) is 18.9. The molecule has 0 spiro atoms. The molecular formula is C19H27NO11S. The Morgan fingerprint density at radius 2 is 1.66 bits per heavy atom. The van der Waals surface area contributed by atoms with Gasteiger partial charge in [-0.2, -0.15) is 0 Å². The van der Waals surface area contributed by atoms with Crippen molar-refractivity contribution in [3.05, 3.63) is 22.1 Å². The normalized spacial score (nSPS) is 12.5. The smallest absolute Gasteiger partial charge is 0.458 e. The molecule has 180 valence electrons. The number of hydrogen-bond acceptors (Lipinski definition) is 12. The minimum atomic E-state index is -1.35. The lowest BCUT2D eigenvalue weighted by Crippen LogP contribution is -2.55. The molecule has 0 aliphatic rings. The van der Waals surface area contributed by atoms with Crippen LogP contribution in [0.4, 0.5) is 9.59 Å². The zero-order chi connectivity index (χ0) is 24.7. The number of hydrogen-bond donors (Lipinski definition) is 1. The van der Waals surface area contributed by atoms with Crippen LogP contribution < -0.4 is 11.1 Å². The maximum Gasteiger partial charge on any atom is 0.519 e. The highest BCUT2D eigenvalue weighted by atomic mass is 32.2. The molecule has 1 amide bonds. The fourth-order valence-electron chi connectivity index (χ4n) is 2.14. The van der Waals surface area contributed by atoms with Gasteiger partial charge >= 0.3 is 29.2 Å². The fourth-order valence-corrected chi connectivity index (χ4v) is 2.96. The SMILES string of the molecule is CC(=O)OCOC(=O)N[C@@H](C(=O)OC(C)(C)C)C(C)(C)SC(=O)OCc1oc(=O)oc1C. The molecule has 1 heterocycles. The first-order valence-corrected chi connectivity index (χ1v) is 10.2. The van der Waals surface area contributed by atoms with Gasteiger partial charge in [-0.15, -0.1) is 0 Å². The van der Waals surface area contributed by atoms with Crippen LogP contribution in [0.1, 0.15) is 53.1 Å². The van der Waals surface area contributed by atoms with Crippen molar-refractivity contribution < 1.29 is 47.0 Å². The number of carbonyl (C=O) groups excluding carboxylic acids is 4. The van der Waals surface area contributed by atoms with Crippen molar-refractivity contribution in [1.82, 2.24) is 5.32 Å². The van der Waals surface area contributed by atoms with E-state index in [2.05, 4.69) is 14.5 Å². The Hall–Kier alpha value is -2.96. The first-order chi connectivity index (χ1) is 14.6. The van der Waals surface area contributed by atoms with Crippen molar-refractivity contribution in [2.75, 3.05) is 6.79 Å². The molecule has 1 N–H and O–H groups in total. The predicted molar refractivity (Wildman–Crippen MR) is 110 cm³/mol. The molecular weight excluding hydrogens is 450 g/mol. The maximum absolute atomic E-state index is 12.7. The van der Waals surface area contributed by atoms with E-state index >= 15 is 0 Å². The van der Waals surface area contributed by atoms with Gasteiger partial charge in [0.25, 0.3) is 0 Å². The van der Waals surface area contributed by atoms with Gasteiger partial charge < -0.3 is 33.1 Å². The van der Waals surface area contributed by atoms with Crippen molar-refractivity contribution in [2.45, 2.75) is 71.5 Å². The number of ether oxygens (including phenoxy) is 4. The second kappa shape index (κ2) is 11.1. The molecule has 0 bridgehead atoms. The van der Waals surface area contributed by atoms with Crippen molar-refractivity contribution in [3.63, 3.8) is 0 Å². The van der Waals surface area contributed by atoms with E-state index in [9.17, 15) is 24.0 Å². The topological polar surface area (TPSA) is 161 Å². The van der Waals surface area contributed by atoms with Crippen LogP contribution in [0.5, 0.6) is 0 Å². The summed E-state index contributed by atoms with van der Waals surface area (Å²) in [5.41, 5.74) is -0.879. The van der Waals surface area contributed by atoms with Gasteiger partial charge in [0.15, 0.2) is 18.1 Å². The maximum atomic E-state index is 12.7. The van der Waals surface area contributed by atoms with Crippen LogP contribution in [0.15, 0.2) is 13.6 Å². The average molecular weight is 477 g/mol. The lowest BCUT2D eigenvalue weighted by atomic mass is 10.0. The Bertz CT molecular complexity index is 894. The van der Waals surface area contributed by atoms with E-state index in [0.29, 0.717) is 11.8 Å². The standard InChI is InChI=1S/C19H27NO11S/c1-10-12(30-16(24)29-10)8-26-17(25)32-19(6,7)13(14(22)31-18(3,4)5)20-15(23)28-9-27-11(2)21/h13H,8-9H2,1-7H3,(H,20,23)/t13-/m0/s1. The number of esters is 2. The summed E-state index contributed by atoms with van der Waals surface area (Å²) >= 11 is 0.599. The van der Waals surface area contributed by atoms with Crippen LogP contribution in [-0.4, -0.2) is 46.5 Å². The second-order valence-corrected chi connectivity index (χ2v) is 9.56. The third-order valence-electron chi connectivity index (χ3n) is 3.56. The average Bonchev–Trinajstić information content (AvgIpc) is 2.92. The largest absolute Gasteiger partial charge is 0.519 e. The van der Waals surface area contributed by atoms with Gasteiger partial charge in [0.1, 0.15) is 11.6 Å². The molecule has 1 aromatic rings.